The maximum absolute atomic E-state index is 12.8. The van der Waals surface area contributed by atoms with Crippen LogP contribution in [-0.4, -0.2) is 15.2 Å². The van der Waals surface area contributed by atoms with E-state index in [0.29, 0.717) is 29.2 Å². The van der Waals surface area contributed by atoms with Gasteiger partial charge >= 0.3 is 6.18 Å². The molecule has 2 aromatic carbocycles. The van der Waals surface area contributed by atoms with Gasteiger partial charge in [-0.25, -0.2) is 13.1 Å². The SMILES string of the molecule is N#Cc1cc(S(=O)(=O)NCc2ccc3c(c2)OCO3)ccc1C(F)(F)F. The highest BCUT2D eigenvalue weighted by molar-refractivity contribution is 7.89. The predicted octanol–water partition coefficient (Wildman–Crippen LogP) is 2.78. The summed E-state index contributed by atoms with van der Waals surface area (Å²) in [7, 11) is -4.11. The number of halogens is 3. The van der Waals surface area contributed by atoms with Gasteiger partial charge in [0.05, 0.1) is 22.1 Å². The molecule has 1 aliphatic heterocycles. The van der Waals surface area contributed by atoms with Crippen LogP contribution in [0.25, 0.3) is 0 Å². The van der Waals surface area contributed by atoms with Crippen LogP contribution in [0.2, 0.25) is 0 Å². The average molecular weight is 384 g/mol. The van der Waals surface area contributed by atoms with Crippen molar-refractivity contribution in [3.05, 3.63) is 53.1 Å². The van der Waals surface area contributed by atoms with Gasteiger partial charge in [0.2, 0.25) is 16.8 Å². The fraction of sp³-hybridized carbons (Fsp3) is 0.188. The molecule has 0 aromatic heterocycles. The van der Waals surface area contributed by atoms with Gasteiger partial charge in [-0.3, -0.25) is 0 Å². The zero-order valence-electron chi connectivity index (χ0n) is 13.0. The molecule has 0 spiro atoms. The molecule has 10 heteroatoms. The number of fused-ring (bicyclic) bond motifs is 1. The first-order valence-corrected chi connectivity index (χ1v) is 8.68. The molecule has 0 amide bonds. The molecule has 0 unspecified atom stereocenters. The Balaban J connectivity index is 1.81. The van der Waals surface area contributed by atoms with E-state index in [-0.39, 0.29) is 13.3 Å². The Labute approximate surface area is 146 Å². The molecule has 26 heavy (non-hydrogen) atoms. The second-order valence-corrected chi connectivity index (χ2v) is 7.10. The van der Waals surface area contributed by atoms with Crippen molar-refractivity contribution in [2.45, 2.75) is 17.6 Å². The van der Waals surface area contributed by atoms with Crippen molar-refractivity contribution in [1.29, 1.82) is 5.26 Å². The maximum Gasteiger partial charge on any atom is 0.417 e. The largest absolute Gasteiger partial charge is 0.454 e. The molecule has 1 heterocycles. The van der Waals surface area contributed by atoms with E-state index in [2.05, 4.69) is 4.72 Å². The van der Waals surface area contributed by atoms with Crippen molar-refractivity contribution in [2.24, 2.45) is 0 Å². The molecule has 0 atom stereocenters. The summed E-state index contributed by atoms with van der Waals surface area (Å²) >= 11 is 0. The normalized spacial score (nSPS) is 13.5. The Bertz CT molecular complexity index is 998. The number of nitrogens with one attached hydrogen (secondary N) is 1. The van der Waals surface area contributed by atoms with E-state index in [9.17, 15) is 21.6 Å². The zero-order valence-corrected chi connectivity index (χ0v) is 13.8. The Morgan fingerprint density at radius 2 is 1.85 bits per heavy atom. The van der Waals surface area contributed by atoms with Gasteiger partial charge < -0.3 is 9.47 Å². The Morgan fingerprint density at radius 3 is 2.54 bits per heavy atom. The fourth-order valence-electron chi connectivity index (χ4n) is 2.34. The summed E-state index contributed by atoms with van der Waals surface area (Å²) in [4.78, 5) is -0.428. The van der Waals surface area contributed by atoms with E-state index in [1.165, 1.54) is 6.07 Å². The third-order valence-corrected chi connectivity index (χ3v) is 5.03. The van der Waals surface area contributed by atoms with Crippen LogP contribution in [0.4, 0.5) is 13.2 Å². The number of hydrogen-bond donors (Lipinski definition) is 1. The number of alkyl halides is 3. The van der Waals surface area contributed by atoms with E-state index >= 15 is 0 Å². The third-order valence-electron chi connectivity index (χ3n) is 3.63. The molecular formula is C16H11F3N2O4S. The minimum Gasteiger partial charge on any atom is -0.454 e. The van der Waals surface area contributed by atoms with Crippen molar-refractivity contribution >= 4 is 10.0 Å². The highest BCUT2D eigenvalue weighted by Gasteiger charge is 2.34. The van der Waals surface area contributed by atoms with Gasteiger partial charge in [-0.05, 0) is 35.9 Å². The zero-order chi connectivity index (χ0) is 18.9. The van der Waals surface area contributed by atoms with Crippen molar-refractivity contribution in [3.63, 3.8) is 0 Å². The summed E-state index contributed by atoms with van der Waals surface area (Å²) in [5, 5.41) is 8.88. The molecule has 2 aromatic rings. The van der Waals surface area contributed by atoms with Crippen LogP contribution >= 0.6 is 0 Å². The van der Waals surface area contributed by atoms with Crippen molar-refractivity contribution in [2.75, 3.05) is 6.79 Å². The Morgan fingerprint density at radius 1 is 1.12 bits per heavy atom. The van der Waals surface area contributed by atoms with Crippen LogP contribution < -0.4 is 14.2 Å². The van der Waals surface area contributed by atoms with Gasteiger partial charge in [0.25, 0.3) is 0 Å². The molecule has 1 aliphatic rings. The van der Waals surface area contributed by atoms with Crippen LogP contribution in [0.3, 0.4) is 0 Å². The number of nitrogens with zero attached hydrogens (tertiary/aromatic N) is 1. The minimum atomic E-state index is -4.74. The molecule has 136 valence electrons. The van der Waals surface area contributed by atoms with E-state index in [1.807, 2.05) is 0 Å². The monoisotopic (exact) mass is 384 g/mol. The molecule has 3 rings (SSSR count). The molecule has 6 nitrogen and oxygen atoms in total. The van der Waals surface area contributed by atoms with Crippen LogP contribution in [-0.2, 0) is 22.7 Å². The fourth-order valence-corrected chi connectivity index (χ4v) is 3.39. The highest BCUT2D eigenvalue weighted by Crippen LogP contribution is 2.34. The Hall–Kier alpha value is -2.77. The lowest BCUT2D eigenvalue weighted by Gasteiger charge is -2.11. The van der Waals surface area contributed by atoms with E-state index < -0.39 is 32.2 Å². The van der Waals surface area contributed by atoms with Gasteiger partial charge in [-0.2, -0.15) is 18.4 Å². The number of benzene rings is 2. The molecular weight excluding hydrogens is 373 g/mol. The van der Waals surface area contributed by atoms with E-state index in [1.54, 1.807) is 18.2 Å². The van der Waals surface area contributed by atoms with Gasteiger partial charge in [-0.15, -0.1) is 0 Å². The van der Waals surface area contributed by atoms with Gasteiger partial charge in [0.1, 0.15) is 0 Å². The van der Waals surface area contributed by atoms with Crippen molar-refractivity contribution in [3.8, 4) is 17.6 Å². The molecule has 0 fully saturated rings. The van der Waals surface area contributed by atoms with Crippen LogP contribution in [0.15, 0.2) is 41.3 Å². The first-order chi connectivity index (χ1) is 12.2. The lowest BCUT2D eigenvalue weighted by atomic mass is 10.1. The second-order valence-electron chi connectivity index (χ2n) is 5.33. The van der Waals surface area contributed by atoms with Crippen LogP contribution in [0.1, 0.15) is 16.7 Å². The van der Waals surface area contributed by atoms with Gasteiger partial charge in [0, 0.05) is 6.54 Å². The van der Waals surface area contributed by atoms with Crippen LogP contribution in [0, 0.1) is 11.3 Å². The lowest BCUT2D eigenvalue weighted by Crippen LogP contribution is -2.23. The topological polar surface area (TPSA) is 88.4 Å². The molecule has 0 aliphatic carbocycles. The van der Waals surface area contributed by atoms with Crippen molar-refractivity contribution < 1.29 is 31.1 Å². The first-order valence-electron chi connectivity index (χ1n) is 7.20. The predicted molar refractivity (Wildman–Crippen MR) is 82.7 cm³/mol. The number of rotatable bonds is 4. The molecule has 0 bridgehead atoms. The van der Waals surface area contributed by atoms with Gasteiger partial charge in [-0.1, -0.05) is 6.07 Å². The van der Waals surface area contributed by atoms with E-state index in [4.69, 9.17) is 14.7 Å². The molecule has 0 saturated heterocycles. The quantitative estimate of drug-likeness (QED) is 0.876. The molecule has 1 N–H and O–H groups in total. The first kappa shape index (κ1) is 18.0. The molecule has 0 radical (unpaired) electrons. The summed E-state index contributed by atoms with van der Waals surface area (Å²) in [6.45, 7) is -0.0329. The number of ether oxygens (including phenoxy) is 2. The number of hydrogen-bond acceptors (Lipinski definition) is 5. The van der Waals surface area contributed by atoms with Crippen LogP contribution in [0.5, 0.6) is 11.5 Å². The van der Waals surface area contributed by atoms with Crippen molar-refractivity contribution in [1.82, 2.24) is 4.72 Å². The summed E-state index contributed by atoms with van der Waals surface area (Å²) < 4.78 is 75.6. The standard InChI is InChI=1S/C16H11F3N2O4S/c17-16(18,19)13-3-2-12(6-11(13)7-20)26(22,23)21-8-10-1-4-14-15(5-10)25-9-24-14/h1-6,21H,8-9H2. The maximum atomic E-state index is 12.8. The summed E-state index contributed by atoms with van der Waals surface area (Å²) in [6, 6.07) is 8.31. The summed E-state index contributed by atoms with van der Waals surface area (Å²) in [5.41, 5.74) is -1.37. The third kappa shape index (κ3) is 3.58. The number of sulfonamides is 1. The molecule has 0 saturated carbocycles. The highest BCUT2D eigenvalue weighted by atomic mass is 32.2. The summed E-state index contributed by atoms with van der Waals surface area (Å²) in [5.74, 6) is 1.01. The lowest BCUT2D eigenvalue weighted by molar-refractivity contribution is -0.137. The van der Waals surface area contributed by atoms with Gasteiger partial charge in [0.15, 0.2) is 11.5 Å². The Kier molecular flexibility index (Phi) is 4.52. The average Bonchev–Trinajstić information content (AvgIpc) is 3.06. The number of nitriles is 1. The smallest absolute Gasteiger partial charge is 0.417 e. The summed E-state index contributed by atoms with van der Waals surface area (Å²) in [6.07, 6.45) is -4.74. The second kappa shape index (κ2) is 6.51. The minimum absolute atomic E-state index is 0.0764. The van der Waals surface area contributed by atoms with E-state index in [0.717, 1.165) is 6.07 Å².